The summed E-state index contributed by atoms with van der Waals surface area (Å²) in [6.07, 6.45) is 6.58. The zero-order valence-corrected chi connectivity index (χ0v) is 19.3. The molecule has 5 rings (SSSR count). The van der Waals surface area contributed by atoms with Crippen molar-refractivity contribution < 1.29 is 9.84 Å². The van der Waals surface area contributed by atoms with Gasteiger partial charge in [-0.2, -0.15) is 9.36 Å². The summed E-state index contributed by atoms with van der Waals surface area (Å²) in [5.74, 6) is 1.39. The van der Waals surface area contributed by atoms with E-state index >= 15 is 0 Å². The van der Waals surface area contributed by atoms with E-state index in [1.54, 1.807) is 0 Å². The minimum Gasteiger partial charge on any atom is -0.395 e. The molecular weight excluding hydrogens is 426 g/mol. The second-order valence-electron chi connectivity index (χ2n) is 8.62. The Bertz CT molecular complexity index is 1040. The molecule has 0 radical (unpaired) electrons. The van der Waals surface area contributed by atoms with Crippen LogP contribution in [0.4, 0.5) is 16.8 Å². The average molecular weight is 458 g/mol. The molecule has 1 saturated carbocycles. The number of ether oxygens (including phenoxy) is 1. The largest absolute Gasteiger partial charge is 0.395 e. The first-order valence-electron chi connectivity index (χ1n) is 11.5. The maximum atomic E-state index is 9.50. The Kier molecular flexibility index (Phi) is 6.54. The van der Waals surface area contributed by atoms with Gasteiger partial charge in [-0.15, -0.1) is 0 Å². The first-order valence-corrected chi connectivity index (χ1v) is 12.2. The van der Waals surface area contributed by atoms with Crippen molar-refractivity contribution in [1.29, 1.82) is 0 Å². The molecule has 3 aromatic heterocycles. The van der Waals surface area contributed by atoms with E-state index in [0.717, 1.165) is 66.7 Å². The molecule has 0 aromatic carbocycles. The summed E-state index contributed by atoms with van der Waals surface area (Å²) in [6.45, 7) is 6.38. The first-order chi connectivity index (χ1) is 15.7. The molecule has 0 spiro atoms. The number of hydrogen-bond donors (Lipinski definition) is 3. The quantitative estimate of drug-likeness (QED) is 0.498. The van der Waals surface area contributed by atoms with Crippen LogP contribution in [0.3, 0.4) is 0 Å². The fourth-order valence-electron chi connectivity index (χ4n) is 4.81. The van der Waals surface area contributed by atoms with E-state index in [4.69, 9.17) is 14.7 Å². The normalized spacial score (nSPS) is 22.3. The lowest BCUT2D eigenvalue weighted by Gasteiger charge is -2.39. The molecule has 1 aliphatic carbocycles. The number of aromatic nitrogens is 4. The van der Waals surface area contributed by atoms with Crippen molar-refractivity contribution in [1.82, 2.24) is 23.8 Å². The van der Waals surface area contributed by atoms with Crippen LogP contribution < -0.4 is 10.6 Å². The van der Waals surface area contributed by atoms with Crippen LogP contribution in [-0.4, -0.2) is 73.9 Å². The zero-order valence-electron chi connectivity index (χ0n) is 18.5. The lowest BCUT2D eigenvalue weighted by Crippen LogP contribution is -2.46. The number of rotatable bonds is 7. The fraction of sp³-hybridized carbons (Fsp3) is 0.591. The molecule has 3 N–H and O–H groups in total. The SMILES string of the molecule is Cc1cc(Nc2nc(NC3CCC(N4CCOCC4)CC3)c3c(ccn3CCO)n2)sn1. The van der Waals surface area contributed by atoms with Crippen molar-refractivity contribution in [2.24, 2.45) is 0 Å². The predicted octanol–water partition coefficient (Wildman–Crippen LogP) is 2.99. The van der Waals surface area contributed by atoms with Gasteiger partial charge in [-0.3, -0.25) is 4.90 Å². The number of nitrogens with one attached hydrogen (secondary N) is 2. The fourth-order valence-corrected chi connectivity index (χ4v) is 5.47. The third-order valence-corrected chi connectivity index (χ3v) is 7.21. The Morgan fingerprint density at radius 2 is 2.00 bits per heavy atom. The molecule has 32 heavy (non-hydrogen) atoms. The van der Waals surface area contributed by atoms with Crippen LogP contribution in [0.2, 0.25) is 0 Å². The van der Waals surface area contributed by atoms with Gasteiger partial charge >= 0.3 is 0 Å². The third-order valence-electron chi connectivity index (χ3n) is 6.41. The van der Waals surface area contributed by atoms with Gasteiger partial charge in [0, 0.05) is 37.9 Å². The number of anilines is 3. The number of fused-ring (bicyclic) bond motifs is 1. The van der Waals surface area contributed by atoms with Gasteiger partial charge in [0.2, 0.25) is 5.95 Å². The number of morpholine rings is 1. The maximum absolute atomic E-state index is 9.50. The molecular formula is C22H31N7O2S. The van der Waals surface area contributed by atoms with E-state index in [1.807, 2.05) is 29.8 Å². The highest BCUT2D eigenvalue weighted by Gasteiger charge is 2.27. The molecule has 3 aromatic rings. The lowest BCUT2D eigenvalue weighted by molar-refractivity contribution is 0.00791. The number of aliphatic hydroxyl groups excluding tert-OH is 1. The van der Waals surface area contributed by atoms with Gasteiger partial charge in [0.05, 0.1) is 31.0 Å². The summed E-state index contributed by atoms with van der Waals surface area (Å²) in [7, 11) is 0. The Morgan fingerprint density at radius 1 is 1.19 bits per heavy atom. The van der Waals surface area contributed by atoms with Crippen LogP contribution in [0.1, 0.15) is 31.4 Å². The molecule has 2 fully saturated rings. The molecule has 0 unspecified atom stereocenters. The Morgan fingerprint density at radius 3 is 2.72 bits per heavy atom. The molecule has 9 nitrogen and oxygen atoms in total. The van der Waals surface area contributed by atoms with Gasteiger partial charge in [0.15, 0.2) is 5.82 Å². The van der Waals surface area contributed by atoms with Crippen molar-refractivity contribution in [3.63, 3.8) is 0 Å². The van der Waals surface area contributed by atoms with Crippen LogP contribution >= 0.6 is 11.5 Å². The van der Waals surface area contributed by atoms with Crippen LogP contribution in [0, 0.1) is 6.92 Å². The van der Waals surface area contributed by atoms with Gasteiger partial charge in [0.25, 0.3) is 0 Å². The average Bonchev–Trinajstić information content (AvgIpc) is 3.41. The Labute approximate surface area is 192 Å². The van der Waals surface area contributed by atoms with E-state index in [1.165, 1.54) is 24.4 Å². The lowest BCUT2D eigenvalue weighted by atomic mass is 9.90. The van der Waals surface area contributed by atoms with Crippen molar-refractivity contribution in [2.45, 2.75) is 51.2 Å². The minimum atomic E-state index is 0.0774. The van der Waals surface area contributed by atoms with Crippen molar-refractivity contribution in [3.8, 4) is 0 Å². The highest BCUT2D eigenvalue weighted by Crippen LogP contribution is 2.30. The summed E-state index contributed by atoms with van der Waals surface area (Å²) >= 11 is 1.41. The van der Waals surface area contributed by atoms with Gasteiger partial charge in [-0.1, -0.05) is 0 Å². The van der Waals surface area contributed by atoms with Gasteiger partial charge in [0.1, 0.15) is 10.5 Å². The first kappa shape index (κ1) is 21.6. The number of hydrogen-bond acceptors (Lipinski definition) is 9. The molecule has 1 saturated heterocycles. The number of aliphatic hydroxyl groups is 1. The maximum Gasteiger partial charge on any atom is 0.230 e. The van der Waals surface area contributed by atoms with Gasteiger partial charge in [-0.05, 0) is 56.3 Å². The highest BCUT2D eigenvalue weighted by atomic mass is 32.1. The Balaban J connectivity index is 1.34. The molecule has 1 aliphatic heterocycles. The Hall–Kier alpha value is -2.27. The number of nitrogens with zero attached hydrogens (tertiary/aromatic N) is 5. The summed E-state index contributed by atoms with van der Waals surface area (Å²) in [6, 6.07) is 5.01. The highest BCUT2D eigenvalue weighted by molar-refractivity contribution is 7.10. The smallest absolute Gasteiger partial charge is 0.230 e. The van der Waals surface area contributed by atoms with Crippen molar-refractivity contribution in [2.75, 3.05) is 43.5 Å². The molecule has 0 amide bonds. The summed E-state index contributed by atoms with van der Waals surface area (Å²) in [5.41, 5.74) is 2.78. The predicted molar refractivity (Wildman–Crippen MR) is 127 cm³/mol. The van der Waals surface area contributed by atoms with Crippen molar-refractivity contribution in [3.05, 3.63) is 24.0 Å². The van der Waals surface area contributed by atoms with Gasteiger partial charge < -0.3 is 25.0 Å². The third kappa shape index (κ3) is 4.73. The molecule has 2 aliphatic rings. The van der Waals surface area contributed by atoms with Crippen molar-refractivity contribution >= 4 is 39.3 Å². The van der Waals surface area contributed by atoms with Crippen LogP contribution in [-0.2, 0) is 11.3 Å². The molecule has 0 atom stereocenters. The second kappa shape index (κ2) is 9.70. The van der Waals surface area contributed by atoms with E-state index in [9.17, 15) is 5.11 Å². The number of aryl methyl sites for hydroxylation is 1. The van der Waals surface area contributed by atoms with E-state index in [0.29, 0.717) is 24.6 Å². The van der Waals surface area contributed by atoms with E-state index in [2.05, 4.69) is 19.9 Å². The van der Waals surface area contributed by atoms with E-state index < -0.39 is 0 Å². The second-order valence-corrected chi connectivity index (χ2v) is 9.42. The zero-order chi connectivity index (χ0) is 21.9. The van der Waals surface area contributed by atoms with Crippen LogP contribution in [0.25, 0.3) is 11.0 Å². The van der Waals surface area contributed by atoms with Crippen LogP contribution in [0.5, 0.6) is 0 Å². The topological polar surface area (TPSA) is 100 Å². The standard InChI is InChI=1S/C22H31N7O2S/c1-15-14-19(32-27-15)25-22-24-18-6-7-29(8-11-30)20(18)21(26-22)23-16-2-4-17(5-3-16)28-9-12-31-13-10-28/h6-7,14,16-17,30H,2-5,8-13H2,1H3,(H2,23,24,25,26). The minimum absolute atomic E-state index is 0.0774. The molecule has 4 heterocycles. The summed E-state index contributed by atoms with van der Waals surface area (Å²) < 4.78 is 11.9. The van der Waals surface area contributed by atoms with E-state index in [-0.39, 0.29) is 6.61 Å². The molecule has 10 heteroatoms. The monoisotopic (exact) mass is 457 g/mol. The van der Waals surface area contributed by atoms with Gasteiger partial charge in [-0.25, -0.2) is 4.98 Å². The summed E-state index contributed by atoms with van der Waals surface area (Å²) in [4.78, 5) is 12.1. The molecule has 172 valence electrons. The summed E-state index contributed by atoms with van der Waals surface area (Å²) in [5, 5.41) is 17.4. The van der Waals surface area contributed by atoms with Crippen LogP contribution in [0.15, 0.2) is 18.3 Å². The molecule has 0 bridgehead atoms.